The van der Waals surface area contributed by atoms with Crippen molar-refractivity contribution in [3.63, 3.8) is 0 Å². The molecule has 0 amide bonds. The number of rotatable bonds is 4. The molecule has 4 nitrogen and oxygen atoms in total. The van der Waals surface area contributed by atoms with E-state index in [9.17, 15) is 10.2 Å². The fourth-order valence-electron chi connectivity index (χ4n) is 1.56. The van der Waals surface area contributed by atoms with Crippen LogP contribution in [-0.4, -0.2) is 17.3 Å². The van der Waals surface area contributed by atoms with Gasteiger partial charge in [-0.25, -0.2) is 0 Å². The Hall–Kier alpha value is -2.62. The monoisotopic (exact) mass is 258 g/mol. The zero-order valence-electron chi connectivity index (χ0n) is 10.4. The highest BCUT2D eigenvalue weighted by Crippen LogP contribution is 2.26. The maximum atomic E-state index is 9.61. The summed E-state index contributed by atoms with van der Waals surface area (Å²) in [4.78, 5) is 0. The van der Waals surface area contributed by atoms with Gasteiger partial charge in [0, 0.05) is 6.07 Å². The van der Waals surface area contributed by atoms with Crippen molar-refractivity contribution in [2.45, 2.75) is 0 Å². The van der Waals surface area contributed by atoms with Gasteiger partial charge in [-0.05, 0) is 35.9 Å². The van der Waals surface area contributed by atoms with E-state index < -0.39 is 0 Å². The third-order valence-electron chi connectivity index (χ3n) is 2.49. The number of hydrogen-bond acceptors (Lipinski definition) is 4. The predicted octanol–water partition coefficient (Wildman–Crippen LogP) is 3.16. The van der Waals surface area contributed by atoms with E-state index in [1.165, 1.54) is 19.4 Å². The van der Waals surface area contributed by atoms with Gasteiger partial charge in [-0.15, -0.1) is 0 Å². The van der Waals surface area contributed by atoms with E-state index in [-0.39, 0.29) is 11.5 Å². The lowest BCUT2D eigenvalue weighted by Crippen LogP contribution is -1.84. The van der Waals surface area contributed by atoms with Gasteiger partial charge in [0.1, 0.15) is 11.5 Å². The van der Waals surface area contributed by atoms with Crippen molar-refractivity contribution < 1.29 is 19.7 Å². The minimum Gasteiger partial charge on any atom is -0.508 e. The molecule has 0 atom stereocenters. The highest BCUT2D eigenvalue weighted by molar-refractivity contribution is 5.55. The second-order valence-electron chi connectivity index (χ2n) is 3.85. The van der Waals surface area contributed by atoms with Gasteiger partial charge in [0.15, 0.2) is 11.5 Å². The Kier molecular flexibility index (Phi) is 3.93. The van der Waals surface area contributed by atoms with Gasteiger partial charge in [0.25, 0.3) is 0 Å². The number of phenols is 2. The first kappa shape index (κ1) is 12.8. The quantitative estimate of drug-likeness (QED) is 0.827. The summed E-state index contributed by atoms with van der Waals surface area (Å²) in [6.07, 6.45) is 3.18. The Morgan fingerprint density at radius 3 is 2.58 bits per heavy atom. The number of hydrogen-bond donors (Lipinski definition) is 2. The van der Waals surface area contributed by atoms with E-state index in [0.29, 0.717) is 11.5 Å². The molecular weight excluding hydrogens is 244 g/mol. The van der Waals surface area contributed by atoms with Gasteiger partial charge in [-0.2, -0.15) is 0 Å². The van der Waals surface area contributed by atoms with Gasteiger partial charge in [0.05, 0.1) is 13.4 Å². The highest BCUT2D eigenvalue weighted by atomic mass is 16.5. The van der Waals surface area contributed by atoms with Crippen LogP contribution in [0.15, 0.2) is 48.7 Å². The smallest absolute Gasteiger partial charge is 0.160 e. The molecule has 0 aromatic heterocycles. The predicted molar refractivity (Wildman–Crippen MR) is 72.4 cm³/mol. The molecule has 0 saturated carbocycles. The largest absolute Gasteiger partial charge is 0.508 e. The third kappa shape index (κ3) is 3.42. The van der Waals surface area contributed by atoms with Crippen LogP contribution in [-0.2, 0) is 0 Å². The van der Waals surface area contributed by atoms with Crippen LogP contribution in [0, 0.1) is 0 Å². The SMILES string of the molecule is COc1ccc(C=COc2cccc(O)c2)cc1O. The minimum atomic E-state index is 0.0713. The average molecular weight is 258 g/mol. The summed E-state index contributed by atoms with van der Waals surface area (Å²) in [6.45, 7) is 0. The first-order chi connectivity index (χ1) is 9.19. The summed E-state index contributed by atoms with van der Waals surface area (Å²) < 4.78 is 10.3. The average Bonchev–Trinajstić information content (AvgIpc) is 2.39. The molecule has 0 heterocycles. The summed E-state index contributed by atoms with van der Waals surface area (Å²) in [5, 5.41) is 18.9. The number of methoxy groups -OCH3 is 1. The van der Waals surface area contributed by atoms with E-state index in [4.69, 9.17) is 9.47 Å². The first-order valence-electron chi connectivity index (χ1n) is 5.68. The zero-order chi connectivity index (χ0) is 13.7. The Labute approximate surface area is 111 Å². The maximum absolute atomic E-state index is 9.61. The van der Waals surface area contributed by atoms with Crippen LogP contribution < -0.4 is 9.47 Å². The van der Waals surface area contributed by atoms with Crippen molar-refractivity contribution in [2.24, 2.45) is 0 Å². The second kappa shape index (κ2) is 5.82. The Morgan fingerprint density at radius 2 is 1.89 bits per heavy atom. The van der Waals surface area contributed by atoms with Crippen LogP contribution in [0.1, 0.15) is 5.56 Å². The zero-order valence-corrected chi connectivity index (χ0v) is 10.4. The van der Waals surface area contributed by atoms with Gasteiger partial charge in [-0.1, -0.05) is 12.1 Å². The molecule has 2 aromatic rings. The van der Waals surface area contributed by atoms with E-state index >= 15 is 0 Å². The molecule has 0 aliphatic carbocycles. The van der Waals surface area contributed by atoms with Crippen molar-refractivity contribution in [3.05, 3.63) is 54.3 Å². The Morgan fingerprint density at radius 1 is 1.05 bits per heavy atom. The van der Waals surface area contributed by atoms with Gasteiger partial charge in [-0.3, -0.25) is 0 Å². The summed E-state index contributed by atoms with van der Waals surface area (Å²) in [7, 11) is 1.50. The molecule has 0 spiro atoms. The Balaban J connectivity index is 2.05. The van der Waals surface area contributed by atoms with Crippen LogP contribution in [0.25, 0.3) is 6.08 Å². The fourth-order valence-corrected chi connectivity index (χ4v) is 1.56. The molecule has 19 heavy (non-hydrogen) atoms. The molecule has 98 valence electrons. The maximum Gasteiger partial charge on any atom is 0.160 e. The normalized spacial score (nSPS) is 10.6. The van der Waals surface area contributed by atoms with Crippen LogP contribution in [0.5, 0.6) is 23.0 Å². The van der Waals surface area contributed by atoms with E-state index in [1.54, 1.807) is 42.5 Å². The van der Waals surface area contributed by atoms with Crippen LogP contribution in [0.4, 0.5) is 0 Å². The lowest BCUT2D eigenvalue weighted by molar-refractivity contribution is 0.373. The third-order valence-corrected chi connectivity index (χ3v) is 2.49. The van der Waals surface area contributed by atoms with Crippen molar-refractivity contribution in [1.82, 2.24) is 0 Å². The number of phenolic OH excluding ortho intramolecular Hbond substituents is 2. The lowest BCUT2D eigenvalue weighted by atomic mass is 10.2. The standard InChI is InChI=1S/C15H14O4/c1-18-15-6-5-11(9-14(15)17)7-8-19-13-4-2-3-12(16)10-13/h2-10,16-17H,1H3. The summed E-state index contributed by atoms with van der Waals surface area (Å²) >= 11 is 0. The topological polar surface area (TPSA) is 58.9 Å². The van der Waals surface area contributed by atoms with Crippen molar-refractivity contribution in [2.75, 3.05) is 7.11 Å². The molecule has 0 bridgehead atoms. The lowest BCUT2D eigenvalue weighted by Gasteiger charge is -2.03. The Bertz CT molecular complexity index is 590. The second-order valence-corrected chi connectivity index (χ2v) is 3.85. The number of aromatic hydroxyl groups is 2. The number of ether oxygens (including phenoxy) is 2. The molecular formula is C15H14O4. The first-order valence-corrected chi connectivity index (χ1v) is 5.68. The molecule has 2 N–H and O–H groups in total. The molecule has 2 rings (SSSR count). The molecule has 0 fully saturated rings. The molecule has 0 radical (unpaired) electrons. The summed E-state index contributed by atoms with van der Waals surface area (Å²) in [6, 6.07) is 11.5. The number of benzene rings is 2. The van der Waals surface area contributed by atoms with Crippen molar-refractivity contribution in [3.8, 4) is 23.0 Å². The van der Waals surface area contributed by atoms with Crippen molar-refractivity contribution in [1.29, 1.82) is 0 Å². The fraction of sp³-hybridized carbons (Fsp3) is 0.0667. The van der Waals surface area contributed by atoms with Crippen LogP contribution >= 0.6 is 0 Å². The van der Waals surface area contributed by atoms with Gasteiger partial charge >= 0.3 is 0 Å². The van der Waals surface area contributed by atoms with E-state index in [0.717, 1.165) is 5.56 Å². The summed E-state index contributed by atoms with van der Waals surface area (Å²) in [5.41, 5.74) is 0.776. The molecule has 0 aliphatic heterocycles. The molecule has 0 unspecified atom stereocenters. The van der Waals surface area contributed by atoms with Gasteiger partial charge < -0.3 is 19.7 Å². The van der Waals surface area contributed by atoms with E-state index in [2.05, 4.69) is 0 Å². The van der Waals surface area contributed by atoms with Crippen molar-refractivity contribution >= 4 is 6.08 Å². The van der Waals surface area contributed by atoms with E-state index in [1.807, 2.05) is 0 Å². The highest BCUT2D eigenvalue weighted by Gasteiger charge is 2.00. The van der Waals surface area contributed by atoms with Gasteiger partial charge in [0.2, 0.25) is 0 Å². The summed E-state index contributed by atoms with van der Waals surface area (Å²) in [5.74, 6) is 1.18. The molecule has 0 saturated heterocycles. The minimum absolute atomic E-state index is 0.0713. The van der Waals surface area contributed by atoms with Crippen LogP contribution in [0.2, 0.25) is 0 Å². The van der Waals surface area contributed by atoms with Crippen LogP contribution in [0.3, 0.4) is 0 Å². The molecule has 2 aromatic carbocycles. The molecule has 0 aliphatic rings. The molecule has 4 heteroatoms.